The average Bonchev–Trinajstić information content (AvgIpc) is 2.44. The predicted molar refractivity (Wildman–Crippen MR) is 78.5 cm³/mol. The zero-order chi connectivity index (χ0) is 16.0. The zero-order valence-electron chi connectivity index (χ0n) is 11.8. The van der Waals surface area contributed by atoms with Crippen LogP contribution < -0.4 is 0 Å². The normalized spacial score (nSPS) is 10.9. The van der Waals surface area contributed by atoms with Crippen molar-refractivity contribution in [3.8, 4) is 0 Å². The summed E-state index contributed by atoms with van der Waals surface area (Å²) in [6, 6.07) is 1.70. The van der Waals surface area contributed by atoms with Gasteiger partial charge in [0.1, 0.15) is 11.4 Å². The number of thioether (sulfide) groups is 1. The topological polar surface area (TPSA) is 83.7 Å². The molecule has 1 rings (SSSR count). The molecule has 0 radical (unpaired) electrons. The van der Waals surface area contributed by atoms with Gasteiger partial charge in [0.2, 0.25) is 0 Å². The second-order valence-electron chi connectivity index (χ2n) is 4.24. The van der Waals surface area contributed by atoms with Crippen molar-refractivity contribution in [1.82, 2.24) is 4.90 Å². The Morgan fingerprint density at radius 3 is 2.52 bits per heavy atom. The molecule has 1 aromatic carbocycles. The second-order valence-corrected chi connectivity index (χ2v) is 5.37. The minimum atomic E-state index is -1.44. The lowest BCUT2D eigenvalue weighted by molar-refractivity contribution is -0.385. The van der Waals surface area contributed by atoms with Crippen molar-refractivity contribution in [2.45, 2.75) is 18.7 Å². The summed E-state index contributed by atoms with van der Waals surface area (Å²) in [5, 5.41) is 19.7. The molecule has 0 saturated carbocycles. The van der Waals surface area contributed by atoms with E-state index in [-0.39, 0.29) is 4.90 Å². The predicted octanol–water partition coefficient (Wildman–Crippen LogP) is 2.87. The summed E-state index contributed by atoms with van der Waals surface area (Å²) in [7, 11) is 0. The van der Waals surface area contributed by atoms with E-state index in [2.05, 4.69) is 4.90 Å². The summed E-state index contributed by atoms with van der Waals surface area (Å²) in [5.74, 6) is -1.63. The maximum atomic E-state index is 13.8. The van der Waals surface area contributed by atoms with Gasteiger partial charge >= 0.3 is 5.97 Å². The highest BCUT2D eigenvalue weighted by atomic mass is 32.2. The molecule has 8 heteroatoms. The van der Waals surface area contributed by atoms with E-state index in [9.17, 15) is 19.3 Å². The van der Waals surface area contributed by atoms with E-state index in [1.165, 1.54) is 0 Å². The molecule has 1 N–H and O–H groups in total. The Hall–Kier alpha value is -1.67. The Labute approximate surface area is 126 Å². The summed E-state index contributed by atoms with van der Waals surface area (Å²) in [5.41, 5.74) is -1.22. The van der Waals surface area contributed by atoms with Crippen LogP contribution in [0.3, 0.4) is 0 Å². The van der Waals surface area contributed by atoms with Crippen LogP contribution >= 0.6 is 11.8 Å². The fourth-order valence-electron chi connectivity index (χ4n) is 1.80. The number of hydrogen-bond acceptors (Lipinski definition) is 5. The average molecular weight is 316 g/mol. The fourth-order valence-corrected chi connectivity index (χ4v) is 2.77. The Kier molecular flexibility index (Phi) is 6.57. The van der Waals surface area contributed by atoms with E-state index in [1.54, 1.807) is 0 Å². The molecular weight excluding hydrogens is 299 g/mol. The number of hydrogen-bond donors (Lipinski definition) is 1. The van der Waals surface area contributed by atoms with Gasteiger partial charge in [0.05, 0.1) is 11.0 Å². The molecule has 0 saturated heterocycles. The number of carboxylic acid groups (broad SMARTS) is 1. The van der Waals surface area contributed by atoms with Crippen molar-refractivity contribution in [3.63, 3.8) is 0 Å². The van der Waals surface area contributed by atoms with Crippen molar-refractivity contribution < 1.29 is 19.2 Å². The van der Waals surface area contributed by atoms with Gasteiger partial charge in [-0.05, 0) is 19.2 Å². The van der Waals surface area contributed by atoms with Gasteiger partial charge in [-0.1, -0.05) is 13.8 Å². The molecule has 0 bridgehead atoms. The van der Waals surface area contributed by atoms with Crippen LogP contribution in [-0.2, 0) is 0 Å². The zero-order valence-corrected chi connectivity index (χ0v) is 12.7. The first-order valence-electron chi connectivity index (χ1n) is 6.47. The Morgan fingerprint density at radius 1 is 1.43 bits per heavy atom. The van der Waals surface area contributed by atoms with Crippen LogP contribution in [0.15, 0.2) is 17.0 Å². The maximum absolute atomic E-state index is 13.8. The van der Waals surface area contributed by atoms with Gasteiger partial charge in [0, 0.05) is 17.2 Å². The lowest BCUT2D eigenvalue weighted by atomic mass is 10.2. The quantitative estimate of drug-likeness (QED) is 0.451. The van der Waals surface area contributed by atoms with Gasteiger partial charge < -0.3 is 10.0 Å². The third-order valence-electron chi connectivity index (χ3n) is 3.04. The van der Waals surface area contributed by atoms with Crippen molar-refractivity contribution in [1.29, 1.82) is 0 Å². The molecule has 0 aliphatic heterocycles. The summed E-state index contributed by atoms with van der Waals surface area (Å²) >= 11 is 1.16. The van der Waals surface area contributed by atoms with Crippen LogP contribution in [-0.4, -0.2) is 46.3 Å². The van der Waals surface area contributed by atoms with Crippen molar-refractivity contribution in [2.24, 2.45) is 0 Å². The molecule has 1 aromatic rings. The molecule has 116 valence electrons. The van der Waals surface area contributed by atoms with Gasteiger partial charge in [-0.25, -0.2) is 9.18 Å². The van der Waals surface area contributed by atoms with Crippen molar-refractivity contribution in [3.05, 3.63) is 33.6 Å². The summed E-state index contributed by atoms with van der Waals surface area (Å²) in [4.78, 5) is 23.1. The van der Waals surface area contributed by atoms with Crippen molar-refractivity contribution in [2.75, 3.05) is 25.4 Å². The molecule has 21 heavy (non-hydrogen) atoms. The highest BCUT2D eigenvalue weighted by molar-refractivity contribution is 7.99. The molecule has 6 nitrogen and oxygen atoms in total. The molecular formula is C13H17FN2O4S. The van der Waals surface area contributed by atoms with E-state index in [1.807, 2.05) is 13.8 Å². The van der Waals surface area contributed by atoms with Gasteiger partial charge in [-0.15, -0.1) is 11.8 Å². The molecule has 0 heterocycles. The molecule has 0 atom stereocenters. The number of nitrogens with zero attached hydrogens (tertiary/aromatic N) is 2. The molecule has 0 amide bonds. The monoisotopic (exact) mass is 316 g/mol. The number of halogens is 1. The number of aromatic carboxylic acids is 1. The number of rotatable bonds is 8. The van der Waals surface area contributed by atoms with Crippen LogP contribution in [0.2, 0.25) is 0 Å². The van der Waals surface area contributed by atoms with Gasteiger partial charge in [0.25, 0.3) is 5.69 Å². The van der Waals surface area contributed by atoms with Gasteiger partial charge in [0.15, 0.2) is 0 Å². The van der Waals surface area contributed by atoms with E-state index in [0.29, 0.717) is 11.8 Å². The summed E-state index contributed by atoms with van der Waals surface area (Å²) in [6.45, 7) is 6.52. The number of benzene rings is 1. The van der Waals surface area contributed by atoms with E-state index in [0.717, 1.165) is 37.5 Å². The van der Waals surface area contributed by atoms with Crippen molar-refractivity contribution >= 4 is 23.4 Å². The van der Waals surface area contributed by atoms with Crippen LogP contribution in [0.1, 0.15) is 24.2 Å². The second kappa shape index (κ2) is 7.94. The van der Waals surface area contributed by atoms with Crippen LogP contribution in [0.25, 0.3) is 0 Å². The van der Waals surface area contributed by atoms with Gasteiger partial charge in [-0.3, -0.25) is 10.1 Å². The molecule has 0 spiro atoms. The first-order chi connectivity index (χ1) is 9.90. The Bertz CT molecular complexity index is 535. The minimum absolute atomic E-state index is 0.116. The van der Waals surface area contributed by atoms with Crippen LogP contribution in [0.5, 0.6) is 0 Å². The van der Waals surface area contributed by atoms with Gasteiger partial charge in [-0.2, -0.15) is 0 Å². The summed E-state index contributed by atoms with van der Waals surface area (Å²) in [6.07, 6.45) is 0. The maximum Gasteiger partial charge on any atom is 0.342 e. The lowest BCUT2D eigenvalue weighted by Gasteiger charge is -2.17. The number of carboxylic acids is 1. The minimum Gasteiger partial charge on any atom is -0.477 e. The molecule has 0 aliphatic carbocycles. The van der Waals surface area contributed by atoms with Crippen LogP contribution in [0.4, 0.5) is 10.1 Å². The largest absolute Gasteiger partial charge is 0.477 e. The molecule has 0 fully saturated rings. The molecule has 0 aliphatic rings. The third-order valence-corrected chi connectivity index (χ3v) is 4.05. The number of nitro groups is 1. The lowest BCUT2D eigenvalue weighted by Crippen LogP contribution is -2.25. The fraction of sp³-hybridized carbons (Fsp3) is 0.462. The Morgan fingerprint density at radius 2 is 2.05 bits per heavy atom. The van der Waals surface area contributed by atoms with E-state index in [4.69, 9.17) is 5.11 Å². The SMILES string of the molecule is CCN(CC)CCSc1cc(C(=O)O)c([N+](=O)[O-])cc1F. The first kappa shape index (κ1) is 17.4. The number of nitro benzene ring substituents is 1. The highest BCUT2D eigenvalue weighted by Gasteiger charge is 2.23. The van der Waals surface area contributed by atoms with Crippen LogP contribution in [0, 0.1) is 15.9 Å². The number of carbonyl (C=O) groups is 1. The molecule has 0 aromatic heterocycles. The highest BCUT2D eigenvalue weighted by Crippen LogP contribution is 2.29. The van der Waals surface area contributed by atoms with E-state index >= 15 is 0 Å². The third kappa shape index (κ3) is 4.68. The van der Waals surface area contributed by atoms with E-state index < -0.39 is 28.0 Å². The standard InChI is InChI=1S/C13H17FN2O4S/c1-3-15(4-2)5-6-21-12-7-9(13(17)18)11(16(19)20)8-10(12)14/h7-8H,3-6H2,1-2H3,(H,17,18). The molecule has 0 unspecified atom stereocenters. The Balaban J connectivity index is 2.91. The first-order valence-corrected chi connectivity index (χ1v) is 7.45. The summed E-state index contributed by atoms with van der Waals surface area (Å²) < 4.78 is 13.8. The smallest absolute Gasteiger partial charge is 0.342 e.